The molecular weight excluding hydrogens is 429 g/mol. The van der Waals surface area contributed by atoms with Crippen LogP contribution in [-0.2, 0) is 11.2 Å². The van der Waals surface area contributed by atoms with Crippen LogP contribution in [0.1, 0.15) is 67.4 Å². The van der Waals surface area contributed by atoms with Gasteiger partial charge < -0.3 is 10.6 Å². The Hall–Kier alpha value is -2.73. The number of nitrogens with zero attached hydrogens (tertiary/aromatic N) is 1. The van der Waals surface area contributed by atoms with Gasteiger partial charge in [0.1, 0.15) is 5.82 Å². The Morgan fingerprint density at radius 3 is 2.32 bits per heavy atom. The van der Waals surface area contributed by atoms with Crippen molar-refractivity contribution in [2.75, 3.05) is 26.7 Å². The van der Waals surface area contributed by atoms with E-state index in [1.807, 2.05) is 24.3 Å². The van der Waals surface area contributed by atoms with Gasteiger partial charge in [0.2, 0.25) is 5.91 Å². The maximum absolute atomic E-state index is 14.5. The maximum atomic E-state index is 14.5. The third-order valence-electron chi connectivity index (χ3n) is 6.81. The van der Waals surface area contributed by atoms with Gasteiger partial charge in [-0.15, -0.1) is 0 Å². The molecule has 2 amide bonds. The molecule has 1 aliphatic rings. The van der Waals surface area contributed by atoms with E-state index in [2.05, 4.69) is 48.4 Å². The number of likely N-dealkylation sites (tertiary alicyclic amines) is 1. The van der Waals surface area contributed by atoms with Crippen molar-refractivity contribution >= 4 is 11.8 Å². The highest BCUT2D eigenvalue weighted by atomic mass is 19.1. The predicted octanol–water partition coefficient (Wildman–Crippen LogP) is 4.53. The number of hydrogen-bond acceptors (Lipinski definition) is 3. The van der Waals surface area contributed by atoms with Gasteiger partial charge >= 0.3 is 0 Å². The lowest BCUT2D eigenvalue weighted by Crippen LogP contribution is -2.44. The topological polar surface area (TPSA) is 61.4 Å². The van der Waals surface area contributed by atoms with Crippen molar-refractivity contribution < 1.29 is 14.0 Å². The minimum Gasteiger partial charge on any atom is -0.355 e. The molecule has 0 aromatic heterocycles. The molecule has 0 spiro atoms. The maximum Gasteiger partial charge on any atom is 0.253 e. The van der Waals surface area contributed by atoms with Crippen LogP contribution in [0, 0.1) is 11.2 Å². The molecule has 0 saturated carbocycles. The van der Waals surface area contributed by atoms with E-state index in [-0.39, 0.29) is 28.8 Å². The second kappa shape index (κ2) is 11.6. The summed E-state index contributed by atoms with van der Waals surface area (Å²) >= 11 is 0. The molecule has 6 heteroatoms. The van der Waals surface area contributed by atoms with Gasteiger partial charge in [0.15, 0.2) is 0 Å². The predicted molar refractivity (Wildman–Crippen MR) is 134 cm³/mol. The Balaban J connectivity index is 1.67. The monoisotopic (exact) mass is 467 g/mol. The third kappa shape index (κ3) is 6.89. The minimum atomic E-state index is -0.517. The van der Waals surface area contributed by atoms with Crippen molar-refractivity contribution in [3.05, 3.63) is 71.0 Å². The van der Waals surface area contributed by atoms with E-state index in [9.17, 15) is 14.0 Å². The average molecular weight is 468 g/mol. The van der Waals surface area contributed by atoms with Crippen molar-refractivity contribution in [2.45, 2.75) is 58.4 Å². The number of carbonyl (C=O) groups excluding carboxylic acids is 2. The van der Waals surface area contributed by atoms with E-state index >= 15 is 0 Å². The second-order valence-corrected chi connectivity index (χ2v) is 10.3. The second-order valence-electron chi connectivity index (χ2n) is 10.3. The van der Waals surface area contributed by atoms with Gasteiger partial charge in [0.25, 0.3) is 5.91 Å². The molecule has 3 rings (SSSR count). The van der Waals surface area contributed by atoms with E-state index in [1.165, 1.54) is 24.7 Å². The van der Waals surface area contributed by atoms with E-state index < -0.39 is 11.7 Å². The summed E-state index contributed by atoms with van der Waals surface area (Å²) in [6.45, 7) is 8.98. The van der Waals surface area contributed by atoms with Gasteiger partial charge in [-0.1, -0.05) is 57.2 Å². The molecule has 2 atom stereocenters. The van der Waals surface area contributed by atoms with Crippen molar-refractivity contribution in [3.63, 3.8) is 0 Å². The molecule has 34 heavy (non-hydrogen) atoms. The van der Waals surface area contributed by atoms with Gasteiger partial charge in [-0.05, 0) is 66.9 Å². The molecule has 1 saturated heterocycles. The summed E-state index contributed by atoms with van der Waals surface area (Å²) in [4.78, 5) is 27.2. The quantitative estimate of drug-likeness (QED) is 0.570. The number of rotatable bonds is 9. The molecule has 1 fully saturated rings. The lowest BCUT2D eigenvalue weighted by molar-refractivity contribution is -0.122. The van der Waals surface area contributed by atoms with Crippen LogP contribution in [0.25, 0.3) is 0 Å². The highest BCUT2D eigenvalue weighted by Crippen LogP contribution is 2.37. The number of halogens is 1. The first-order valence-corrected chi connectivity index (χ1v) is 12.2. The number of amides is 2. The molecule has 2 aromatic carbocycles. The van der Waals surface area contributed by atoms with Crippen molar-refractivity contribution in [2.24, 2.45) is 5.41 Å². The Bertz CT molecular complexity index is 965. The Kier molecular flexibility index (Phi) is 8.84. The number of carbonyl (C=O) groups is 2. The summed E-state index contributed by atoms with van der Waals surface area (Å²) in [5.41, 5.74) is 2.00. The number of hydrogen-bond donors (Lipinski definition) is 2. The molecule has 1 heterocycles. The Labute approximate surface area is 203 Å². The van der Waals surface area contributed by atoms with Gasteiger partial charge in [-0.3, -0.25) is 14.5 Å². The van der Waals surface area contributed by atoms with Crippen molar-refractivity contribution in [3.8, 4) is 0 Å². The van der Waals surface area contributed by atoms with Crippen LogP contribution in [0.15, 0.2) is 48.5 Å². The zero-order chi connectivity index (χ0) is 24.7. The van der Waals surface area contributed by atoms with Crippen molar-refractivity contribution in [1.82, 2.24) is 15.5 Å². The summed E-state index contributed by atoms with van der Waals surface area (Å²) in [7, 11) is 1.49. The fourth-order valence-corrected chi connectivity index (χ4v) is 4.81. The van der Waals surface area contributed by atoms with Crippen LogP contribution in [0.5, 0.6) is 0 Å². The van der Waals surface area contributed by atoms with Crippen LogP contribution in [0.4, 0.5) is 4.39 Å². The van der Waals surface area contributed by atoms with Gasteiger partial charge in [-0.2, -0.15) is 0 Å². The first-order valence-electron chi connectivity index (χ1n) is 12.2. The molecule has 1 aliphatic heterocycles. The summed E-state index contributed by atoms with van der Waals surface area (Å²) in [6, 6.07) is 15.1. The standard InChI is InChI=1S/C28H38FN3O2/c1-28(2,3)24(21-10-6-5-7-11-21)18-26(33)31-19-22(32-14-8-9-15-32)16-20-12-13-23(25(29)17-20)27(34)30-4/h5-7,10-13,17,22,24H,8-9,14-16,18-19H2,1-4H3,(H,30,34)(H,31,33)/t22-,24+/m0/s1. The van der Waals surface area contributed by atoms with Gasteiger partial charge in [-0.25, -0.2) is 4.39 Å². The van der Waals surface area contributed by atoms with E-state index in [4.69, 9.17) is 0 Å². The van der Waals surface area contributed by atoms with Crippen LogP contribution in [0.3, 0.4) is 0 Å². The molecule has 0 bridgehead atoms. The first kappa shape index (κ1) is 25.9. The normalized spacial score (nSPS) is 16.1. The zero-order valence-electron chi connectivity index (χ0n) is 20.9. The molecular formula is C28H38FN3O2. The lowest BCUT2D eigenvalue weighted by atomic mass is 9.74. The molecule has 0 aliphatic carbocycles. The third-order valence-corrected chi connectivity index (χ3v) is 6.81. The zero-order valence-corrected chi connectivity index (χ0v) is 20.9. The fourth-order valence-electron chi connectivity index (χ4n) is 4.81. The van der Waals surface area contributed by atoms with E-state index in [0.29, 0.717) is 19.4 Å². The van der Waals surface area contributed by atoms with Crippen LogP contribution >= 0.6 is 0 Å². The smallest absolute Gasteiger partial charge is 0.253 e. The molecule has 0 unspecified atom stereocenters. The molecule has 2 N–H and O–H groups in total. The lowest BCUT2D eigenvalue weighted by Gasteiger charge is -2.32. The Morgan fingerprint density at radius 1 is 1.06 bits per heavy atom. The first-order chi connectivity index (χ1) is 16.2. The molecule has 5 nitrogen and oxygen atoms in total. The van der Waals surface area contributed by atoms with Gasteiger partial charge in [0, 0.05) is 26.1 Å². The summed E-state index contributed by atoms with van der Waals surface area (Å²) in [6.07, 6.45) is 3.31. The highest BCUT2D eigenvalue weighted by molar-refractivity contribution is 5.94. The largest absolute Gasteiger partial charge is 0.355 e. The van der Waals surface area contributed by atoms with Crippen LogP contribution < -0.4 is 10.6 Å². The fraction of sp³-hybridized carbons (Fsp3) is 0.500. The Morgan fingerprint density at radius 2 is 1.74 bits per heavy atom. The van der Waals surface area contributed by atoms with E-state index in [1.54, 1.807) is 0 Å². The molecule has 0 radical (unpaired) electrons. The van der Waals surface area contributed by atoms with Crippen molar-refractivity contribution in [1.29, 1.82) is 0 Å². The highest BCUT2D eigenvalue weighted by Gasteiger charge is 2.29. The van der Waals surface area contributed by atoms with Crippen LogP contribution in [-0.4, -0.2) is 49.4 Å². The minimum absolute atomic E-state index is 0.0362. The van der Waals surface area contributed by atoms with E-state index in [0.717, 1.165) is 31.5 Å². The summed E-state index contributed by atoms with van der Waals surface area (Å²) in [5, 5.41) is 5.63. The number of nitrogens with one attached hydrogen (secondary N) is 2. The summed E-state index contributed by atoms with van der Waals surface area (Å²) in [5.74, 6) is -0.796. The number of benzene rings is 2. The van der Waals surface area contributed by atoms with Crippen LogP contribution in [0.2, 0.25) is 0 Å². The SMILES string of the molecule is CNC(=O)c1ccc(C[C@@H](CNC(=O)C[C@H](c2ccccc2)C(C)(C)C)N2CCCC2)cc1F. The molecule has 184 valence electrons. The molecule has 2 aromatic rings. The summed E-state index contributed by atoms with van der Waals surface area (Å²) < 4.78 is 14.5. The van der Waals surface area contributed by atoms with Gasteiger partial charge in [0.05, 0.1) is 5.56 Å². The average Bonchev–Trinajstić information content (AvgIpc) is 3.34.